The van der Waals surface area contributed by atoms with Crippen LogP contribution in [-0.4, -0.2) is 35.5 Å². The number of amides is 1. The first-order valence-corrected chi connectivity index (χ1v) is 8.25. The minimum atomic E-state index is -0.178. The van der Waals surface area contributed by atoms with Crippen molar-refractivity contribution in [2.24, 2.45) is 0 Å². The second-order valence-electron chi connectivity index (χ2n) is 5.16. The molecule has 124 valence electrons. The molecule has 5 nitrogen and oxygen atoms in total. The first-order chi connectivity index (χ1) is 10.7. The van der Waals surface area contributed by atoms with Crippen LogP contribution >= 0.6 is 23.7 Å². The molecular weight excluding hydrogens is 334 g/mol. The zero-order chi connectivity index (χ0) is 15.4. The third-order valence-electron chi connectivity index (χ3n) is 3.62. The molecule has 1 aliphatic heterocycles. The normalized spacial score (nSPS) is 13.8. The Balaban J connectivity index is 0.00000192. The Morgan fingerprint density at radius 3 is 2.91 bits per heavy atom. The predicted octanol–water partition coefficient (Wildman–Crippen LogP) is 2.96. The van der Waals surface area contributed by atoms with Crippen molar-refractivity contribution in [1.82, 2.24) is 9.88 Å². The van der Waals surface area contributed by atoms with Crippen LogP contribution in [0.3, 0.4) is 0 Å². The lowest BCUT2D eigenvalue weighted by molar-refractivity contribution is -0.118. The Hall–Kier alpha value is -1.63. The Labute approximate surface area is 146 Å². The number of nitrogens with zero attached hydrogens (tertiary/aromatic N) is 2. The number of hydrogen-bond donors (Lipinski definition) is 1. The molecule has 0 fully saturated rings. The summed E-state index contributed by atoms with van der Waals surface area (Å²) >= 11 is 1.56. The average Bonchev–Trinajstić information content (AvgIpc) is 2.95. The van der Waals surface area contributed by atoms with Gasteiger partial charge in [0.05, 0.1) is 5.69 Å². The van der Waals surface area contributed by atoms with Gasteiger partial charge in [-0.25, -0.2) is 4.98 Å². The fourth-order valence-corrected chi connectivity index (χ4v) is 3.46. The van der Waals surface area contributed by atoms with E-state index in [1.165, 1.54) is 4.88 Å². The van der Waals surface area contributed by atoms with Crippen LogP contribution in [0.1, 0.15) is 17.5 Å². The van der Waals surface area contributed by atoms with Gasteiger partial charge in [0.2, 0.25) is 0 Å². The van der Waals surface area contributed by atoms with E-state index in [0.717, 1.165) is 31.7 Å². The Kier molecular flexibility index (Phi) is 6.38. The van der Waals surface area contributed by atoms with Crippen molar-refractivity contribution in [3.8, 4) is 5.75 Å². The first kappa shape index (κ1) is 17.7. The summed E-state index contributed by atoms with van der Waals surface area (Å²) in [7, 11) is 0. The average molecular weight is 354 g/mol. The molecule has 0 spiro atoms. The number of nitrogens with one attached hydrogen (secondary N) is 1. The van der Waals surface area contributed by atoms with Crippen molar-refractivity contribution in [1.29, 1.82) is 0 Å². The van der Waals surface area contributed by atoms with E-state index in [4.69, 9.17) is 4.74 Å². The maximum Gasteiger partial charge on any atom is 0.264 e. The van der Waals surface area contributed by atoms with Crippen molar-refractivity contribution >= 4 is 34.8 Å². The number of para-hydroxylation sites is 1. The second-order valence-corrected chi connectivity index (χ2v) is 6.24. The van der Waals surface area contributed by atoms with E-state index in [9.17, 15) is 4.79 Å². The lowest BCUT2D eigenvalue weighted by Gasteiger charge is -2.23. The number of thiazole rings is 1. The molecule has 1 aromatic carbocycles. The highest BCUT2D eigenvalue weighted by molar-refractivity contribution is 7.15. The summed E-state index contributed by atoms with van der Waals surface area (Å²) in [6.07, 6.45) is 0.954. The van der Waals surface area contributed by atoms with Gasteiger partial charge in [-0.05, 0) is 18.7 Å². The molecule has 3 rings (SSSR count). The van der Waals surface area contributed by atoms with Crippen molar-refractivity contribution in [2.75, 3.05) is 25.0 Å². The number of aromatic nitrogens is 1. The highest BCUT2D eigenvalue weighted by Crippen LogP contribution is 2.28. The van der Waals surface area contributed by atoms with Gasteiger partial charge in [0.1, 0.15) is 5.75 Å². The molecule has 0 aliphatic carbocycles. The lowest BCUT2D eigenvalue weighted by atomic mass is 10.2. The number of carbonyl (C=O) groups excluding carboxylic acids is 1. The number of likely N-dealkylation sites (N-methyl/N-ethyl adjacent to an activating group) is 1. The van der Waals surface area contributed by atoms with Crippen LogP contribution < -0.4 is 10.1 Å². The summed E-state index contributed by atoms with van der Waals surface area (Å²) in [5, 5.41) is 3.50. The summed E-state index contributed by atoms with van der Waals surface area (Å²) in [6, 6.07) is 9.32. The van der Waals surface area contributed by atoms with Crippen LogP contribution in [0.15, 0.2) is 30.3 Å². The maximum atomic E-state index is 11.9. The van der Waals surface area contributed by atoms with E-state index in [0.29, 0.717) is 10.9 Å². The summed E-state index contributed by atoms with van der Waals surface area (Å²) in [6.45, 7) is 5.17. The highest BCUT2D eigenvalue weighted by Gasteiger charge is 2.20. The van der Waals surface area contributed by atoms with Gasteiger partial charge in [-0.15, -0.1) is 23.7 Å². The number of fused-ring (bicyclic) bond motifs is 1. The molecule has 7 heteroatoms. The molecule has 0 bridgehead atoms. The third-order valence-corrected chi connectivity index (χ3v) is 4.61. The number of carbonyl (C=O) groups is 1. The summed E-state index contributed by atoms with van der Waals surface area (Å²) in [4.78, 5) is 20.1. The lowest BCUT2D eigenvalue weighted by Crippen LogP contribution is -2.29. The van der Waals surface area contributed by atoms with Gasteiger partial charge >= 0.3 is 0 Å². The molecule has 23 heavy (non-hydrogen) atoms. The smallest absolute Gasteiger partial charge is 0.264 e. The predicted molar refractivity (Wildman–Crippen MR) is 94.6 cm³/mol. The third kappa shape index (κ3) is 4.67. The second kappa shape index (κ2) is 8.29. The summed E-state index contributed by atoms with van der Waals surface area (Å²) < 4.78 is 5.43. The molecule has 1 amide bonds. The molecule has 0 unspecified atom stereocenters. The summed E-state index contributed by atoms with van der Waals surface area (Å²) in [5.41, 5.74) is 1.12. The van der Waals surface area contributed by atoms with Crippen LogP contribution in [0.5, 0.6) is 5.75 Å². The minimum absolute atomic E-state index is 0. The van der Waals surface area contributed by atoms with Gasteiger partial charge in [-0.3, -0.25) is 15.0 Å². The zero-order valence-corrected chi connectivity index (χ0v) is 14.6. The zero-order valence-electron chi connectivity index (χ0n) is 12.9. The van der Waals surface area contributed by atoms with Gasteiger partial charge < -0.3 is 4.74 Å². The van der Waals surface area contributed by atoms with Gasteiger partial charge in [-0.1, -0.05) is 25.1 Å². The number of hydrogen-bond acceptors (Lipinski definition) is 5. The largest absolute Gasteiger partial charge is 0.484 e. The molecule has 2 heterocycles. The van der Waals surface area contributed by atoms with E-state index in [2.05, 4.69) is 22.1 Å². The number of benzene rings is 1. The van der Waals surface area contributed by atoms with Crippen LogP contribution in [0, 0.1) is 0 Å². The van der Waals surface area contributed by atoms with Crippen molar-refractivity contribution in [3.63, 3.8) is 0 Å². The molecule has 0 radical (unpaired) electrons. The SMILES string of the molecule is CCN1CCc2nc(NC(=O)COc3ccccc3)sc2C1.Cl. The molecule has 2 aromatic rings. The Morgan fingerprint density at radius 2 is 2.17 bits per heavy atom. The van der Waals surface area contributed by atoms with Crippen molar-refractivity contribution < 1.29 is 9.53 Å². The van der Waals surface area contributed by atoms with Crippen LogP contribution in [-0.2, 0) is 17.8 Å². The summed E-state index contributed by atoms with van der Waals surface area (Å²) in [5.74, 6) is 0.511. The fourth-order valence-electron chi connectivity index (χ4n) is 2.39. The van der Waals surface area contributed by atoms with Crippen LogP contribution in [0.2, 0.25) is 0 Å². The van der Waals surface area contributed by atoms with Gasteiger partial charge in [-0.2, -0.15) is 0 Å². The number of rotatable bonds is 5. The van der Waals surface area contributed by atoms with Gasteiger partial charge in [0, 0.05) is 24.4 Å². The van der Waals surface area contributed by atoms with Gasteiger partial charge in [0.25, 0.3) is 5.91 Å². The Morgan fingerprint density at radius 1 is 1.39 bits per heavy atom. The molecule has 0 saturated carbocycles. The van der Waals surface area contributed by atoms with Crippen molar-refractivity contribution in [3.05, 3.63) is 40.9 Å². The molecule has 1 aliphatic rings. The standard InChI is InChI=1S/C16H19N3O2S.ClH/c1-2-19-9-8-13-14(10-19)22-16(17-13)18-15(20)11-21-12-6-4-3-5-7-12;/h3-7H,2,8-11H2,1H3,(H,17,18,20);1H. The van der Waals surface area contributed by atoms with E-state index in [-0.39, 0.29) is 24.9 Å². The van der Waals surface area contributed by atoms with E-state index in [1.807, 2.05) is 30.3 Å². The number of anilines is 1. The van der Waals surface area contributed by atoms with Gasteiger partial charge in [0.15, 0.2) is 11.7 Å². The number of ether oxygens (including phenoxy) is 1. The fraction of sp³-hybridized carbons (Fsp3) is 0.375. The monoisotopic (exact) mass is 353 g/mol. The van der Waals surface area contributed by atoms with Crippen LogP contribution in [0.25, 0.3) is 0 Å². The molecular formula is C16H20ClN3O2S. The molecule has 1 N–H and O–H groups in total. The van der Waals surface area contributed by atoms with Crippen LogP contribution in [0.4, 0.5) is 5.13 Å². The van der Waals surface area contributed by atoms with Crippen molar-refractivity contribution in [2.45, 2.75) is 19.9 Å². The number of halogens is 1. The first-order valence-electron chi connectivity index (χ1n) is 7.43. The van der Waals surface area contributed by atoms with E-state index in [1.54, 1.807) is 11.3 Å². The van der Waals surface area contributed by atoms with E-state index >= 15 is 0 Å². The molecule has 0 saturated heterocycles. The quantitative estimate of drug-likeness (QED) is 0.897. The minimum Gasteiger partial charge on any atom is -0.484 e. The maximum absolute atomic E-state index is 11.9. The molecule has 0 atom stereocenters. The Bertz CT molecular complexity index is 648. The highest BCUT2D eigenvalue weighted by atomic mass is 35.5. The molecule has 1 aromatic heterocycles. The van der Waals surface area contributed by atoms with E-state index < -0.39 is 0 Å². The topological polar surface area (TPSA) is 54.5 Å².